The highest BCUT2D eigenvalue weighted by atomic mass is 32.1. The molecule has 0 aliphatic heterocycles. The zero-order chi connectivity index (χ0) is 13.9. The smallest absolute Gasteiger partial charge is 0.0794 e. The Balaban J connectivity index is 2.06. The maximum atomic E-state index is 4.47. The molecule has 0 fully saturated rings. The van der Waals surface area contributed by atoms with Crippen molar-refractivity contribution >= 4 is 11.3 Å². The summed E-state index contributed by atoms with van der Waals surface area (Å²) in [6.45, 7) is 9.17. The van der Waals surface area contributed by atoms with Gasteiger partial charge in [0.2, 0.25) is 0 Å². The average Bonchev–Trinajstić information content (AvgIpc) is 2.93. The van der Waals surface area contributed by atoms with Crippen LogP contribution in [-0.2, 0) is 10.8 Å². The third kappa shape index (κ3) is 3.41. The van der Waals surface area contributed by atoms with E-state index in [9.17, 15) is 0 Å². The van der Waals surface area contributed by atoms with Crippen molar-refractivity contribution in [3.63, 3.8) is 0 Å². The first-order valence-electron chi connectivity index (χ1n) is 6.71. The van der Waals surface area contributed by atoms with Crippen molar-refractivity contribution in [1.82, 2.24) is 9.97 Å². The van der Waals surface area contributed by atoms with Gasteiger partial charge in [0.1, 0.15) is 0 Å². The van der Waals surface area contributed by atoms with Crippen LogP contribution in [0.25, 0.3) is 0 Å². The van der Waals surface area contributed by atoms with Crippen LogP contribution in [0.3, 0.4) is 0 Å². The summed E-state index contributed by atoms with van der Waals surface area (Å²) < 4.78 is 0. The Hall–Kier alpha value is -1.22. The fourth-order valence-corrected chi connectivity index (χ4v) is 2.99. The summed E-state index contributed by atoms with van der Waals surface area (Å²) in [5, 5.41) is 2.17. The predicted molar refractivity (Wildman–Crippen MR) is 81.6 cm³/mol. The number of nitrogens with zero attached hydrogens (tertiary/aromatic N) is 2. The minimum Gasteiger partial charge on any atom is -0.265 e. The summed E-state index contributed by atoms with van der Waals surface area (Å²) in [5.41, 5.74) is 4.81. The van der Waals surface area contributed by atoms with Crippen molar-refractivity contribution in [3.8, 4) is 0 Å². The molecule has 0 N–H and O–H groups in total. The van der Waals surface area contributed by atoms with E-state index in [1.807, 2.05) is 17.9 Å². The molecule has 0 radical (unpaired) electrons. The number of pyridine rings is 1. The fourth-order valence-electron chi connectivity index (χ4n) is 2.25. The Morgan fingerprint density at radius 2 is 1.63 bits per heavy atom. The molecule has 0 saturated heterocycles. The largest absolute Gasteiger partial charge is 0.265 e. The summed E-state index contributed by atoms with van der Waals surface area (Å²) >= 11 is 1.68. The van der Waals surface area contributed by atoms with E-state index in [0.29, 0.717) is 0 Å². The molecule has 102 valence electrons. The van der Waals surface area contributed by atoms with Gasteiger partial charge in [-0.05, 0) is 36.0 Å². The van der Waals surface area contributed by atoms with Crippen LogP contribution >= 0.6 is 11.3 Å². The molecule has 0 saturated carbocycles. The molecular weight excluding hydrogens is 252 g/mol. The predicted octanol–water partition coefficient (Wildman–Crippen LogP) is 4.57. The zero-order valence-electron chi connectivity index (χ0n) is 12.2. The SMILES string of the molecule is CC(C)(CCC(C)(C)c1cscn1)c1ccncc1. The van der Waals surface area contributed by atoms with Crippen LogP contribution in [0.4, 0.5) is 0 Å². The monoisotopic (exact) mass is 274 g/mol. The van der Waals surface area contributed by atoms with E-state index in [0.717, 1.165) is 12.8 Å². The first kappa shape index (κ1) is 14.2. The lowest BCUT2D eigenvalue weighted by Crippen LogP contribution is -2.24. The highest BCUT2D eigenvalue weighted by molar-refractivity contribution is 7.07. The first-order chi connectivity index (χ1) is 8.92. The van der Waals surface area contributed by atoms with E-state index in [1.165, 1.54) is 11.3 Å². The van der Waals surface area contributed by atoms with Crippen LogP contribution in [0.15, 0.2) is 35.4 Å². The van der Waals surface area contributed by atoms with Gasteiger partial charge in [-0.25, -0.2) is 4.98 Å². The van der Waals surface area contributed by atoms with Crippen LogP contribution in [-0.4, -0.2) is 9.97 Å². The quantitative estimate of drug-likeness (QED) is 0.798. The summed E-state index contributed by atoms with van der Waals surface area (Å²) in [6.07, 6.45) is 6.03. The lowest BCUT2D eigenvalue weighted by atomic mass is 9.74. The Labute approximate surface area is 119 Å². The highest BCUT2D eigenvalue weighted by Gasteiger charge is 2.28. The number of thiazole rings is 1. The Morgan fingerprint density at radius 3 is 2.21 bits per heavy atom. The molecule has 2 aromatic heterocycles. The molecule has 3 heteroatoms. The molecule has 2 heterocycles. The van der Waals surface area contributed by atoms with E-state index in [-0.39, 0.29) is 10.8 Å². The maximum absolute atomic E-state index is 4.47. The van der Waals surface area contributed by atoms with Gasteiger partial charge in [0, 0.05) is 23.2 Å². The molecule has 0 aliphatic carbocycles. The highest BCUT2D eigenvalue weighted by Crippen LogP contribution is 2.35. The molecule has 2 nitrogen and oxygen atoms in total. The number of rotatable bonds is 5. The van der Waals surface area contributed by atoms with Gasteiger partial charge in [-0.2, -0.15) is 0 Å². The Bertz CT molecular complexity index is 501. The van der Waals surface area contributed by atoms with E-state index < -0.39 is 0 Å². The number of hydrogen-bond donors (Lipinski definition) is 0. The molecule has 0 unspecified atom stereocenters. The van der Waals surface area contributed by atoms with Gasteiger partial charge >= 0.3 is 0 Å². The number of aromatic nitrogens is 2. The van der Waals surface area contributed by atoms with E-state index in [1.54, 1.807) is 11.3 Å². The van der Waals surface area contributed by atoms with Gasteiger partial charge in [-0.1, -0.05) is 27.7 Å². The van der Waals surface area contributed by atoms with Crippen molar-refractivity contribution in [2.24, 2.45) is 0 Å². The van der Waals surface area contributed by atoms with Gasteiger partial charge in [-0.3, -0.25) is 4.98 Å². The normalized spacial score (nSPS) is 12.6. The number of hydrogen-bond acceptors (Lipinski definition) is 3. The van der Waals surface area contributed by atoms with E-state index >= 15 is 0 Å². The second kappa shape index (κ2) is 5.41. The molecule has 0 bridgehead atoms. The minimum absolute atomic E-state index is 0.143. The van der Waals surface area contributed by atoms with Crippen LogP contribution < -0.4 is 0 Å². The second-order valence-electron chi connectivity index (χ2n) is 6.38. The summed E-state index contributed by atoms with van der Waals surface area (Å²) in [7, 11) is 0. The minimum atomic E-state index is 0.143. The molecule has 0 atom stereocenters. The topological polar surface area (TPSA) is 25.8 Å². The van der Waals surface area contributed by atoms with E-state index in [2.05, 4.69) is 55.2 Å². The summed E-state index contributed by atoms with van der Waals surface area (Å²) in [6, 6.07) is 4.24. The fraction of sp³-hybridized carbons (Fsp3) is 0.500. The molecule has 2 aromatic rings. The summed E-state index contributed by atoms with van der Waals surface area (Å²) in [5.74, 6) is 0. The molecule has 19 heavy (non-hydrogen) atoms. The molecule has 0 spiro atoms. The van der Waals surface area contributed by atoms with Gasteiger partial charge in [0.15, 0.2) is 0 Å². The van der Waals surface area contributed by atoms with Gasteiger partial charge in [0.05, 0.1) is 11.2 Å². The molecular formula is C16H22N2S. The van der Waals surface area contributed by atoms with Crippen LogP contribution in [0.2, 0.25) is 0 Å². The summed E-state index contributed by atoms with van der Waals surface area (Å²) in [4.78, 5) is 8.57. The maximum Gasteiger partial charge on any atom is 0.0794 e. The lowest BCUT2D eigenvalue weighted by molar-refractivity contribution is 0.370. The lowest BCUT2D eigenvalue weighted by Gasteiger charge is -2.30. The molecule has 0 amide bonds. The van der Waals surface area contributed by atoms with Gasteiger partial charge < -0.3 is 0 Å². The second-order valence-corrected chi connectivity index (χ2v) is 7.10. The molecule has 0 aliphatic rings. The van der Waals surface area contributed by atoms with Crippen molar-refractivity contribution in [2.45, 2.75) is 51.4 Å². The van der Waals surface area contributed by atoms with Crippen molar-refractivity contribution in [2.75, 3.05) is 0 Å². The third-order valence-electron chi connectivity index (χ3n) is 3.96. The Kier molecular flexibility index (Phi) is 4.04. The third-order valence-corrected chi connectivity index (χ3v) is 4.55. The van der Waals surface area contributed by atoms with Gasteiger partial charge in [-0.15, -0.1) is 11.3 Å². The molecule has 0 aromatic carbocycles. The van der Waals surface area contributed by atoms with Gasteiger partial charge in [0.25, 0.3) is 0 Å². The van der Waals surface area contributed by atoms with Crippen molar-refractivity contribution < 1.29 is 0 Å². The van der Waals surface area contributed by atoms with Crippen molar-refractivity contribution in [1.29, 1.82) is 0 Å². The Morgan fingerprint density at radius 1 is 1.00 bits per heavy atom. The first-order valence-corrected chi connectivity index (χ1v) is 7.65. The average molecular weight is 274 g/mol. The zero-order valence-corrected chi connectivity index (χ0v) is 13.0. The van der Waals surface area contributed by atoms with Crippen LogP contribution in [0, 0.1) is 0 Å². The van der Waals surface area contributed by atoms with Crippen molar-refractivity contribution in [3.05, 3.63) is 46.7 Å². The van der Waals surface area contributed by atoms with Crippen LogP contribution in [0.1, 0.15) is 51.8 Å². The van der Waals surface area contributed by atoms with E-state index in [4.69, 9.17) is 0 Å². The molecule has 2 rings (SSSR count). The van der Waals surface area contributed by atoms with Crippen LogP contribution in [0.5, 0.6) is 0 Å². The standard InChI is InChI=1S/C16H22N2S/c1-15(2,13-5-9-17-10-6-13)7-8-16(3,4)14-11-19-12-18-14/h5-6,9-12H,7-8H2,1-4H3.